The number of nitrogens with one attached hydrogen (secondary N) is 2. The van der Waals surface area contributed by atoms with Crippen LogP contribution in [0.4, 0.5) is 10.5 Å². The lowest BCUT2D eigenvalue weighted by Crippen LogP contribution is -2.31. The molecule has 0 saturated carbocycles. The number of aromatic nitrogens is 3. The van der Waals surface area contributed by atoms with Gasteiger partial charge in [-0.2, -0.15) is 5.10 Å². The Kier molecular flexibility index (Phi) is 5.22. The minimum absolute atomic E-state index is 0.148. The van der Waals surface area contributed by atoms with E-state index in [4.69, 9.17) is 4.42 Å². The van der Waals surface area contributed by atoms with E-state index in [0.717, 1.165) is 28.2 Å². The first-order valence-corrected chi connectivity index (χ1v) is 9.48. The molecule has 2 N–H and O–H groups in total. The van der Waals surface area contributed by atoms with Gasteiger partial charge in [-0.3, -0.25) is 4.68 Å². The quantitative estimate of drug-likeness (QED) is 0.656. The molecule has 1 aromatic carbocycles. The van der Waals surface area contributed by atoms with Crippen LogP contribution < -0.4 is 10.6 Å². The van der Waals surface area contributed by atoms with Crippen molar-refractivity contribution in [1.29, 1.82) is 0 Å². The SMILES string of the molecule is CCSc1nc2ccc(NC(=O)N[C@H](C)c3c(C)nn(C)c3C)cc2o1. The molecule has 0 aliphatic carbocycles. The van der Waals surface area contributed by atoms with Crippen molar-refractivity contribution in [3.63, 3.8) is 0 Å². The number of urea groups is 1. The number of amides is 2. The van der Waals surface area contributed by atoms with Gasteiger partial charge in [0.1, 0.15) is 5.52 Å². The van der Waals surface area contributed by atoms with Gasteiger partial charge in [0.2, 0.25) is 0 Å². The highest BCUT2D eigenvalue weighted by atomic mass is 32.2. The van der Waals surface area contributed by atoms with Crippen LogP contribution in [-0.4, -0.2) is 26.5 Å². The second kappa shape index (κ2) is 7.41. The zero-order valence-corrected chi connectivity index (χ0v) is 16.4. The summed E-state index contributed by atoms with van der Waals surface area (Å²) in [6, 6.07) is 5.02. The third kappa shape index (κ3) is 3.70. The molecule has 0 spiro atoms. The number of nitrogens with zero attached hydrogens (tertiary/aromatic N) is 3. The van der Waals surface area contributed by atoms with Crippen molar-refractivity contribution in [2.45, 2.75) is 39.0 Å². The molecule has 0 bridgehead atoms. The molecule has 138 valence electrons. The molecule has 26 heavy (non-hydrogen) atoms. The molecule has 2 aromatic heterocycles. The molecule has 0 aliphatic heterocycles. The van der Waals surface area contributed by atoms with Gasteiger partial charge in [0.15, 0.2) is 5.58 Å². The number of benzene rings is 1. The highest BCUT2D eigenvalue weighted by molar-refractivity contribution is 7.99. The number of aryl methyl sites for hydroxylation is 2. The first kappa shape index (κ1) is 18.3. The molecule has 0 unspecified atom stereocenters. The van der Waals surface area contributed by atoms with E-state index >= 15 is 0 Å². The molecule has 0 fully saturated rings. The molecule has 2 heterocycles. The maximum absolute atomic E-state index is 12.4. The Morgan fingerprint density at radius 2 is 2.15 bits per heavy atom. The molecule has 8 heteroatoms. The Bertz CT molecular complexity index is 947. The van der Waals surface area contributed by atoms with Crippen molar-refractivity contribution < 1.29 is 9.21 Å². The zero-order chi connectivity index (χ0) is 18.8. The standard InChI is InChI=1S/C18H23N5O2S/c1-6-26-18-21-14-8-7-13(9-15(14)25-18)20-17(24)19-10(2)16-11(3)22-23(5)12(16)4/h7-10H,6H2,1-5H3,(H2,19,20,24)/t10-/m1/s1. The van der Waals surface area contributed by atoms with Crippen LogP contribution in [0.25, 0.3) is 11.1 Å². The second-order valence-electron chi connectivity index (χ2n) is 6.12. The predicted octanol–water partition coefficient (Wildman–Crippen LogP) is 4.17. The number of carbonyl (C=O) groups excluding carboxylic acids is 1. The molecular weight excluding hydrogens is 350 g/mol. The summed E-state index contributed by atoms with van der Waals surface area (Å²) in [5.41, 5.74) is 5.09. The van der Waals surface area contributed by atoms with E-state index in [1.807, 2.05) is 51.6 Å². The van der Waals surface area contributed by atoms with E-state index < -0.39 is 0 Å². The summed E-state index contributed by atoms with van der Waals surface area (Å²) in [5.74, 6) is 0.894. The molecular formula is C18H23N5O2S. The fourth-order valence-electron chi connectivity index (χ4n) is 3.02. The highest BCUT2D eigenvalue weighted by Crippen LogP contribution is 2.26. The van der Waals surface area contributed by atoms with Gasteiger partial charge in [0.25, 0.3) is 5.22 Å². The van der Waals surface area contributed by atoms with Crippen LogP contribution in [0.1, 0.15) is 36.8 Å². The zero-order valence-electron chi connectivity index (χ0n) is 15.6. The van der Waals surface area contributed by atoms with E-state index in [0.29, 0.717) is 16.5 Å². The van der Waals surface area contributed by atoms with Crippen LogP contribution in [0.15, 0.2) is 27.8 Å². The van der Waals surface area contributed by atoms with Crippen LogP contribution in [0.3, 0.4) is 0 Å². The fraction of sp³-hybridized carbons (Fsp3) is 0.389. The number of thioether (sulfide) groups is 1. The van der Waals surface area contributed by atoms with Crippen molar-refractivity contribution >= 4 is 34.6 Å². The molecule has 7 nitrogen and oxygen atoms in total. The smallest absolute Gasteiger partial charge is 0.319 e. The Balaban J connectivity index is 1.70. The van der Waals surface area contributed by atoms with Gasteiger partial charge in [-0.15, -0.1) is 0 Å². The van der Waals surface area contributed by atoms with E-state index in [1.54, 1.807) is 17.8 Å². The minimum Gasteiger partial charge on any atom is -0.431 e. The maximum Gasteiger partial charge on any atom is 0.319 e. The van der Waals surface area contributed by atoms with Gasteiger partial charge >= 0.3 is 6.03 Å². The summed E-state index contributed by atoms with van der Waals surface area (Å²) in [4.78, 5) is 16.8. The largest absolute Gasteiger partial charge is 0.431 e. The van der Waals surface area contributed by atoms with Gasteiger partial charge < -0.3 is 15.1 Å². The number of hydrogen-bond donors (Lipinski definition) is 2. The van der Waals surface area contributed by atoms with Crippen LogP contribution in [0, 0.1) is 13.8 Å². The number of fused-ring (bicyclic) bond motifs is 1. The molecule has 0 radical (unpaired) electrons. The summed E-state index contributed by atoms with van der Waals surface area (Å²) >= 11 is 1.55. The summed E-state index contributed by atoms with van der Waals surface area (Å²) in [6.45, 7) is 7.94. The van der Waals surface area contributed by atoms with Crippen molar-refractivity contribution in [2.75, 3.05) is 11.1 Å². The van der Waals surface area contributed by atoms with E-state index in [2.05, 4.69) is 20.7 Å². The topological polar surface area (TPSA) is 85.0 Å². The lowest BCUT2D eigenvalue weighted by atomic mass is 10.1. The van der Waals surface area contributed by atoms with Gasteiger partial charge in [-0.1, -0.05) is 18.7 Å². The van der Waals surface area contributed by atoms with Crippen molar-refractivity contribution in [3.05, 3.63) is 35.2 Å². The second-order valence-corrected chi connectivity index (χ2v) is 7.34. The average molecular weight is 373 g/mol. The lowest BCUT2D eigenvalue weighted by molar-refractivity contribution is 0.249. The molecule has 2 amide bonds. The summed E-state index contributed by atoms with van der Waals surface area (Å²) in [5, 5.41) is 10.8. The van der Waals surface area contributed by atoms with Crippen molar-refractivity contribution in [3.8, 4) is 0 Å². The molecule has 0 aliphatic rings. The van der Waals surface area contributed by atoms with Crippen molar-refractivity contribution in [2.24, 2.45) is 7.05 Å². The van der Waals surface area contributed by atoms with Gasteiger partial charge in [-0.25, -0.2) is 9.78 Å². The fourth-order valence-corrected chi connectivity index (χ4v) is 3.58. The summed E-state index contributed by atoms with van der Waals surface area (Å²) in [6.07, 6.45) is 0. The third-order valence-electron chi connectivity index (χ3n) is 4.24. The first-order valence-electron chi connectivity index (χ1n) is 8.50. The summed E-state index contributed by atoms with van der Waals surface area (Å²) < 4.78 is 7.51. The highest BCUT2D eigenvalue weighted by Gasteiger charge is 2.18. The number of oxazole rings is 1. The van der Waals surface area contributed by atoms with Gasteiger partial charge in [0, 0.05) is 30.1 Å². The van der Waals surface area contributed by atoms with Crippen LogP contribution in [0.5, 0.6) is 0 Å². The van der Waals surface area contributed by atoms with E-state index in [9.17, 15) is 4.79 Å². The molecule has 1 atom stereocenters. The average Bonchev–Trinajstić information content (AvgIpc) is 3.07. The summed E-state index contributed by atoms with van der Waals surface area (Å²) in [7, 11) is 1.90. The number of anilines is 1. The Morgan fingerprint density at radius 1 is 1.38 bits per heavy atom. The Morgan fingerprint density at radius 3 is 2.81 bits per heavy atom. The minimum atomic E-state index is -0.276. The Labute approximate surface area is 156 Å². The van der Waals surface area contributed by atoms with Crippen LogP contribution in [0.2, 0.25) is 0 Å². The molecule has 3 rings (SSSR count). The van der Waals surface area contributed by atoms with E-state index in [1.165, 1.54) is 0 Å². The normalized spacial score (nSPS) is 12.3. The van der Waals surface area contributed by atoms with E-state index in [-0.39, 0.29) is 12.1 Å². The number of rotatable bonds is 5. The Hall–Kier alpha value is -2.48. The maximum atomic E-state index is 12.4. The first-order chi connectivity index (χ1) is 12.4. The van der Waals surface area contributed by atoms with Gasteiger partial charge in [-0.05, 0) is 38.7 Å². The van der Waals surface area contributed by atoms with Crippen molar-refractivity contribution in [1.82, 2.24) is 20.1 Å². The molecule has 0 saturated heterocycles. The van der Waals surface area contributed by atoms with Crippen LogP contribution in [-0.2, 0) is 7.05 Å². The predicted molar refractivity (Wildman–Crippen MR) is 104 cm³/mol. The van der Waals surface area contributed by atoms with Gasteiger partial charge in [0.05, 0.1) is 11.7 Å². The van der Waals surface area contributed by atoms with Crippen LogP contribution >= 0.6 is 11.8 Å². The number of hydrogen-bond acceptors (Lipinski definition) is 5. The molecule has 3 aromatic rings. The lowest BCUT2D eigenvalue weighted by Gasteiger charge is -2.15. The third-order valence-corrected chi connectivity index (χ3v) is 4.95. The number of carbonyl (C=O) groups is 1. The monoisotopic (exact) mass is 373 g/mol.